The second-order valence-electron chi connectivity index (χ2n) is 8.40. The van der Waals surface area contributed by atoms with E-state index in [1.165, 1.54) is 0 Å². The fourth-order valence-corrected chi connectivity index (χ4v) is 5.14. The highest BCUT2D eigenvalue weighted by Crippen LogP contribution is 2.43. The minimum atomic E-state index is -1.71. The highest BCUT2D eigenvalue weighted by atomic mass is 16.4. The number of carboxylic acid groups (broad SMARTS) is 1. The molecule has 3 aromatic rings. The number of carboxylic acids is 1. The van der Waals surface area contributed by atoms with Crippen molar-refractivity contribution in [2.24, 2.45) is 0 Å². The molecule has 0 unspecified atom stereocenters. The molecule has 0 atom stereocenters. The molecule has 0 saturated heterocycles. The zero-order chi connectivity index (χ0) is 21.9. The third kappa shape index (κ3) is 2.59. The zero-order valence-corrected chi connectivity index (χ0v) is 17.3. The van der Waals surface area contributed by atoms with Gasteiger partial charge in [0, 0.05) is 12.8 Å². The van der Waals surface area contributed by atoms with E-state index in [2.05, 4.69) is 0 Å². The fourth-order valence-electron chi connectivity index (χ4n) is 5.14. The maximum Gasteiger partial charge on any atom is 0.330 e. The molecule has 0 fully saturated rings. The number of carbonyl (C=O) groups is 3. The summed E-state index contributed by atoms with van der Waals surface area (Å²) in [6.07, 6.45) is 0.109. The molecule has 154 valence electrons. The first-order valence-electron chi connectivity index (χ1n) is 10.2. The van der Waals surface area contributed by atoms with Crippen LogP contribution < -0.4 is 0 Å². The second kappa shape index (κ2) is 6.64. The van der Waals surface area contributed by atoms with Gasteiger partial charge < -0.3 is 5.11 Å². The molecular weight excluding hydrogens is 390 g/mol. The summed E-state index contributed by atoms with van der Waals surface area (Å²) in [5.74, 6) is -2.27. The van der Waals surface area contributed by atoms with Crippen LogP contribution >= 0.6 is 0 Å². The first-order valence-corrected chi connectivity index (χ1v) is 10.2. The van der Waals surface area contributed by atoms with Crippen LogP contribution in [0.15, 0.2) is 60.7 Å². The van der Waals surface area contributed by atoms with Crippen LogP contribution in [-0.2, 0) is 17.6 Å². The van der Waals surface area contributed by atoms with E-state index in [1.54, 1.807) is 24.3 Å². The Balaban J connectivity index is 1.80. The first-order chi connectivity index (χ1) is 14.8. The lowest BCUT2D eigenvalue weighted by atomic mass is 9.84. The fraction of sp³-hybridized carbons (Fsp3) is 0.192. The van der Waals surface area contributed by atoms with Crippen molar-refractivity contribution in [2.75, 3.05) is 0 Å². The van der Waals surface area contributed by atoms with E-state index >= 15 is 0 Å². The Labute approximate surface area is 179 Å². The van der Waals surface area contributed by atoms with Gasteiger partial charge in [0.2, 0.25) is 0 Å². The average Bonchev–Trinajstić information content (AvgIpc) is 2.90. The molecule has 1 N–H and O–H groups in total. The highest BCUT2D eigenvalue weighted by molar-refractivity contribution is 6.23. The van der Waals surface area contributed by atoms with Crippen molar-refractivity contribution in [2.45, 2.75) is 32.2 Å². The number of nitrogens with zero attached hydrogens (tertiary/aromatic N) is 1. The number of rotatable bonds is 2. The number of aryl methyl sites for hydroxylation is 2. The molecule has 5 nitrogen and oxygen atoms in total. The smallest absolute Gasteiger partial charge is 0.330 e. The molecule has 5 heteroatoms. The van der Waals surface area contributed by atoms with Crippen molar-refractivity contribution in [3.63, 3.8) is 0 Å². The summed E-state index contributed by atoms with van der Waals surface area (Å²) in [7, 11) is 0. The van der Waals surface area contributed by atoms with Gasteiger partial charge in [-0.25, -0.2) is 4.79 Å². The van der Waals surface area contributed by atoms with Crippen molar-refractivity contribution in [1.82, 2.24) is 4.90 Å². The van der Waals surface area contributed by atoms with E-state index in [0.29, 0.717) is 0 Å². The summed E-state index contributed by atoms with van der Waals surface area (Å²) in [4.78, 5) is 40.5. The molecule has 31 heavy (non-hydrogen) atoms. The van der Waals surface area contributed by atoms with Crippen LogP contribution in [0.1, 0.15) is 43.0 Å². The topological polar surface area (TPSA) is 74.7 Å². The Kier molecular flexibility index (Phi) is 4.12. The van der Waals surface area contributed by atoms with Gasteiger partial charge in [-0.15, -0.1) is 0 Å². The van der Waals surface area contributed by atoms with E-state index in [1.807, 2.05) is 50.2 Å². The minimum Gasteiger partial charge on any atom is -0.479 e. The lowest BCUT2D eigenvalue weighted by molar-refractivity contribution is -0.148. The van der Waals surface area contributed by atoms with Gasteiger partial charge in [-0.2, -0.15) is 0 Å². The van der Waals surface area contributed by atoms with Gasteiger partial charge in [-0.3, -0.25) is 14.5 Å². The molecule has 3 aromatic carbocycles. The predicted octanol–water partition coefficient (Wildman–Crippen LogP) is 4.19. The van der Waals surface area contributed by atoms with E-state index in [0.717, 1.165) is 38.3 Å². The van der Waals surface area contributed by atoms with Crippen molar-refractivity contribution < 1.29 is 19.5 Å². The van der Waals surface area contributed by atoms with Crippen molar-refractivity contribution in [3.05, 3.63) is 94.0 Å². The number of benzene rings is 3. The van der Waals surface area contributed by atoms with Crippen LogP contribution in [0, 0.1) is 13.8 Å². The van der Waals surface area contributed by atoms with Gasteiger partial charge in [-0.05, 0) is 59.4 Å². The lowest BCUT2D eigenvalue weighted by Crippen LogP contribution is -2.59. The molecule has 2 amide bonds. The number of amides is 2. The van der Waals surface area contributed by atoms with Crippen LogP contribution in [0.3, 0.4) is 0 Å². The third-order valence-corrected chi connectivity index (χ3v) is 6.55. The number of aliphatic carboxylic acids is 1. The molecule has 1 aliphatic heterocycles. The summed E-state index contributed by atoms with van der Waals surface area (Å²) in [5, 5.41) is 10.5. The second-order valence-corrected chi connectivity index (χ2v) is 8.40. The van der Waals surface area contributed by atoms with Gasteiger partial charge in [-0.1, -0.05) is 48.5 Å². The Bertz CT molecular complexity index is 1200. The maximum atomic E-state index is 13.3. The SMILES string of the molecule is Cc1cccc2c1-c1c(C)cccc1CC(C(=O)O)(N1C(=O)c3ccccc3C1=O)C2. The summed E-state index contributed by atoms with van der Waals surface area (Å²) in [5.41, 5.74) is 4.52. The van der Waals surface area contributed by atoms with Gasteiger partial charge in [0.1, 0.15) is 0 Å². The molecule has 0 spiro atoms. The Hall–Kier alpha value is -3.73. The molecule has 1 aliphatic carbocycles. The number of carbonyl (C=O) groups excluding carboxylic acids is 2. The standard InChI is InChI=1S/C26H21NO4/c1-15-7-5-9-17-13-26(25(30)31,14-18-10-6-8-16(2)22(18)21(15)17)27-23(28)19-11-3-4-12-20(19)24(27)29/h3-12H,13-14H2,1-2H3,(H,30,31). The number of hydrogen-bond acceptors (Lipinski definition) is 3. The average molecular weight is 411 g/mol. The van der Waals surface area contributed by atoms with Crippen LogP contribution in [0.5, 0.6) is 0 Å². The quantitative estimate of drug-likeness (QED) is 0.642. The summed E-state index contributed by atoms with van der Waals surface area (Å²) >= 11 is 0. The molecule has 0 saturated carbocycles. The number of fused-ring (bicyclic) bond motifs is 4. The van der Waals surface area contributed by atoms with Crippen LogP contribution in [0.4, 0.5) is 0 Å². The normalized spacial score (nSPS) is 16.4. The van der Waals surface area contributed by atoms with Gasteiger partial charge in [0.05, 0.1) is 11.1 Å². The summed E-state index contributed by atoms with van der Waals surface area (Å²) in [6.45, 7) is 4.01. The molecule has 0 aromatic heterocycles. The maximum absolute atomic E-state index is 13.3. The third-order valence-electron chi connectivity index (χ3n) is 6.55. The minimum absolute atomic E-state index is 0.0545. The van der Waals surface area contributed by atoms with Crippen molar-refractivity contribution >= 4 is 17.8 Å². The van der Waals surface area contributed by atoms with E-state index in [-0.39, 0.29) is 24.0 Å². The molecule has 0 bridgehead atoms. The summed E-state index contributed by atoms with van der Waals surface area (Å²) < 4.78 is 0. The number of hydrogen-bond donors (Lipinski definition) is 1. The Morgan fingerprint density at radius 1 is 0.774 bits per heavy atom. The first kappa shape index (κ1) is 19.2. The molecule has 5 rings (SSSR count). The van der Waals surface area contributed by atoms with Crippen LogP contribution in [-0.4, -0.2) is 33.3 Å². The number of imide groups is 1. The van der Waals surface area contributed by atoms with Gasteiger partial charge >= 0.3 is 5.97 Å². The van der Waals surface area contributed by atoms with Gasteiger partial charge in [0.25, 0.3) is 11.8 Å². The van der Waals surface area contributed by atoms with E-state index < -0.39 is 23.3 Å². The Morgan fingerprint density at radius 2 is 1.23 bits per heavy atom. The van der Waals surface area contributed by atoms with Crippen LogP contribution in [0.2, 0.25) is 0 Å². The molecule has 2 aliphatic rings. The van der Waals surface area contributed by atoms with E-state index in [9.17, 15) is 19.5 Å². The summed E-state index contributed by atoms with van der Waals surface area (Å²) in [6, 6.07) is 18.1. The highest BCUT2D eigenvalue weighted by Gasteiger charge is 2.55. The van der Waals surface area contributed by atoms with Gasteiger partial charge in [0.15, 0.2) is 5.54 Å². The Morgan fingerprint density at radius 3 is 1.65 bits per heavy atom. The molecular formula is C26H21NO4. The largest absolute Gasteiger partial charge is 0.479 e. The molecule has 1 heterocycles. The van der Waals surface area contributed by atoms with Crippen molar-refractivity contribution in [1.29, 1.82) is 0 Å². The lowest BCUT2D eigenvalue weighted by Gasteiger charge is -2.36. The monoisotopic (exact) mass is 411 g/mol. The van der Waals surface area contributed by atoms with Crippen molar-refractivity contribution in [3.8, 4) is 11.1 Å². The van der Waals surface area contributed by atoms with Crippen LogP contribution in [0.25, 0.3) is 11.1 Å². The van der Waals surface area contributed by atoms with E-state index in [4.69, 9.17) is 0 Å². The molecule has 0 radical (unpaired) electrons. The zero-order valence-electron chi connectivity index (χ0n) is 17.3. The predicted molar refractivity (Wildman–Crippen MR) is 116 cm³/mol.